The minimum Gasteiger partial charge on any atom is -0.321 e. The van der Waals surface area contributed by atoms with Crippen molar-refractivity contribution in [2.24, 2.45) is 5.10 Å². The Labute approximate surface area is 177 Å². The number of halogens is 1. The van der Waals surface area contributed by atoms with E-state index >= 15 is 0 Å². The molecular weight excluding hydrogens is 432 g/mol. The molecule has 0 aliphatic rings. The molecule has 0 atom stereocenters. The second-order valence-corrected chi connectivity index (χ2v) is 7.31. The molecule has 0 saturated heterocycles. The van der Waals surface area contributed by atoms with Gasteiger partial charge in [-0.1, -0.05) is 45.8 Å². The zero-order chi connectivity index (χ0) is 20.8. The van der Waals surface area contributed by atoms with Crippen LogP contribution in [0.15, 0.2) is 76.6 Å². The molecule has 2 N–H and O–H groups in total. The lowest BCUT2D eigenvalue weighted by Crippen LogP contribution is -2.22. The van der Waals surface area contributed by atoms with E-state index in [0.717, 1.165) is 11.1 Å². The molecule has 3 rings (SSSR count). The van der Waals surface area contributed by atoms with Crippen molar-refractivity contribution in [1.82, 2.24) is 10.4 Å². The smallest absolute Gasteiger partial charge is 0.273 e. The molecule has 1 aromatic heterocycles. The van der Waals surface area contributed by atoms with Crippen LogP contribution in [0.1, 0.15) is 38.8 Å². The molecule has 0 aliphatic heterocycles. The van der Waals surface area contributed by atoms with Gasteiger partial charge in [0.15, 0.2) is 0 Å². The van der Waals surface area contributed by atoms with Gasteiger partial charge in [0.2, 0.25) is 0 Å². The summed E-state index contributed by atoms with van der Waals surface area (Å²) in [5, 5.41) is 6.94. The summed E-state index contributed by atoms with van der Waals surface area (Å²) < 4.78 is 0.710. The van der Waals surface area contributed by atoms with Crippen molar-refractivity contribution in [2.45, 2.75) is 13.8 Å². The number of aromatic nitrogens is 1. The number of hydrogen-bond acceptors (Lipinski definition) is 4. The van der Waals surface area contributed by atoms with Crippen LogP contribution in [-0.4, -0.2) is 22.5 Å². The van der Waals surface area contributed by atoms with Gasteiger partial charge < -0.3 is 5.32 Å². The molecule has 29 heavy (non-hydrogen) atoms. The van der Waals surface area contributed by atoms with Gasteiger partial charge in [-0.2, -0.15) is 5.10 Å². The topological polar surface area (TPSA) is 83.5 Å². The van der Waals surface area contributed by atoms with E-state index in [1.54, 1.807) is 36.5 Å². The van der Waals surface area contributed by atoms with Gasteiger partial charge >= 0.3 is 0 Å². The minimum atomic E-state index is -0.431. The number of hydrogen-bond donors (Lipinski definition) is 2. The largest absolute Gasteiger partial charge is 0.321 e. The average molecular weight is 451 g/mol. The first kappa shape index (κ1) is 20.4. The van der Waals surface area contributed by atoms with E-state index in [0.29, 0.717) is 21.4 Å². The lowest BCUT2D eigenvalue weighted by Gasteiger charge is -2.11. The Morgan fingerprint density at radius 2 is 1.76 bits per heavy atom. The Morgan fingerprint density at radius 3 is 2.45 bits per heavy atom. The Kier molecular flexibility index (Phi) is 6.51. The third-order valence-electron chi connectivity index (χ3n) is 4.19. The van der Waals surface area contributed by atoms with Crippen LogP contribution in [-0.2, 0) is 0 Å². The summed E-state index contributed by atoms with van der Waals surface area (Å²) in [7, 11) is 0. The van der Waals surface area contributed by atoms with Gasteiger partial charge in [-0.3, -0.25) is 14.6 Å². The van der Waals surface area contributed by atoms with Crippen molar-refractivity contribution < 1.29 is 9.59 Å². The van der Waals surface area contributed by atoms with Crippen LogP contribution in [0.4, 0.5) is 5.69 Å². The van der Waals surface area contributed by atoms with Crippen molar-refractivity contribution in [3.63, 3.8) is 0 Å². The summed E-state index contributed by atoms with van der Waals surface area (Å²) in [6.07, 6.45) is 3.05. The third-order valence-corrected chi connectivity index (χ3v) is 4.69. The van der Waals surface area contributed by atoms with Gasteiger partial charge in [-0.15, -0.1) is 0 Å². The number of benzene rings is 2. The Bertz CT molecular complexity index is 1060. The molecule has 0 aliphatic carbocycles. The molecule has 3 aromatic rings. The molecule has 0 unspecified atom stereocenters. The molecule has 0 bridgehead atoms. The van der Waals surface area contributed by atoms with Crippen LogP contribution in [0.25, 0.3) is 0 Å². The van der Waals surface area contributed by atoms with Gasteiger partial charge in [0.25, 0.3) is 11.8 Å². The predicted molar refractivity (Wildman–Crippen MR) is 117 cm³/mol. The molecule has 0 saturated carbocycles. The number of rotatable bonds is 5. The van der Waals surface area contributed by atoms with Gasteiger partial charge in [0, 0.05) is 16.9 Å². The second kappa shape index (κ2) is 9.25. The highest BCUT2D eigenvalue weighted by atomic mass is 79.9. The quantitative estimate of drug-likeness (QED) is 0.441. The molecule has 0 radical (unpaired) electrons. The van der Waals surface area contributed by atoms with E-state index in [1.807, 2.05) is 38.1 Å². The number of carbonyl (C=O) groups is 2. The monoisotopic (exact) mass is 450 g/mol. The number of amides is 2. The number of nitrogens with one attached hydrogen (secondary N) is 2. The van der Waals surface area contributed by atoms with E-state index in [2.05, 4.69) is 36.8 Å². The van der Waals surface area contributed by atoms with E-state index in [9.17, 15) is 9.59 Å². The summed E-state index contributed by atoms with van der Waals surface area (Å²) in [6, 6.07) is 16.2. The molecule has 0 spiro atoms. The number of hydrazone groups is 1. The fourth-order valence-electron chi connectivity index (χ4n) is 2.56. The first-order chi connectivity index (χ1) is 13.9. The normalized spacial score (nSPS) is 11.1. The van der Waals surface area contributed by atoms with Crippen molar-refractivity contribution in [3.8, 4) is 0 Å². The molecule has 7 heteroatoms. The van der Waals surface area contributed by atoms with Gasteiger partial charge in [0.05, 0.1) is 22.5 Å². The van der Waals surface area contributed by atoms with Crippen LogP contribution >= 0.6 is 15.9 Å². The van der Waals surface area contributed by atoms with Crippen molar-refractivity contribution in [2.75, 3.05) is 5.32 Å². The Morgan fingerprint density at radius 1 is 1.00 bits per heavy atom. The summed E-state index contributed by atoms with van der Waals surface area (Å²) in [5.74, 6) is -0.784. The summed E-state index contributed by atoms with van der Waals surface area (Å²) >= 11 is 3.36. The summed E-state index contributed by atoms with van der Waals surface area (Å²) in [6.45, 7) is 3.82. The highest BCUT2D eigenvalue weighted by Gasteiger charge is 2.15. The number of nitrogens with zero attached hydrogens (tertiary/aromatic N) is 2. The maximum absolute atomic E-state index is 12.7. The summed E-state index contributed by atoms with van der Waals surface area (Å²) in [5.41, 5.74) is 6.36. The highest BCUT2D eigenvalue weighted by Crippen LogP contribution is 2.22. The first-order valence-electron chi connectivity index (χ1n) is 8.86. The lowest BCUT2D eigenvalue weighted by atomic mass is 10.1. The van der Waals surface area contributed by atoms with E-state index in [-0.39, 0.29) is 11.5 Å². The van der Waals surface area contributed by atoms with E-state index in [4.69, 9.17) is 0 Å². The maximum Gasteiger partial charge on any atom is 0.273 e. The zero-order valence-electron chi connectivity index (χ0n) is 15.9. The predicted octanol–water partition coefficient (Wildman–Crippen LogP) is 4.56. The van der Waals surface area contributed by atoms with Crippen molar-refractivity contribution >= 4 is 39.1 Å². The van der Waals surface area contributed by atoms with Crippen LogP contribution in [0.3, 0.4) is 0 Å². The number of aryl methyl sites for hydroxylation is 1. The number of carbonyl (C=O) groups excluding carboxylic acids is 2. The SMILES string of the molecule is CC(=NNC(=O)c1cc(Br)ccc1NC(=O)c1cccnc1)c1ccc(C)cc1. The van der Waals surface area contributed by atoms with Crippen molar-refractivity contribution in [3.05, 3.63) is 93.7 Å². The minimum absolute atomic E-state index is 0.289. The third kappa shape index (κ3) is 5.36. The van der Waals surface area contributed by atoms with Crippen LogP contribution in [0, 0.1) is 6.92 Å². The van der Waals surface area contributed by atoms with Crippen molar-refractivity contribution in [1.29, 1.82) is 0 Å². The molecule has 2 amide bonds. The second-order valence-electron chi connectivity index (χ2n) is 6.39. The highest BCUT2D eigenvalue weighted by molar-refractivity contribution is 9.10. The average Bonchev–Trinajstić information content (AvgIpc) is 2.74. The van der Waals surface area contributed by atoms with Gasteiger partial charge in [-0.25, -0.2) is 5.43 Å². The van der Waals surface area contributed by atoms with E-state index in [1.165, 1.54) is 6.20 Å². The fourth-order valence-corrected chi connectivity index (χ4v) is 2.92. The fraction of sp³-hybridized carbons (Fsp3) is 0.0909. The molecule has 1 heterocycles. The van der Waals surface area contributed by atoms with E-state index < -0.39 is 5.91 Å². The Hall–Kier alpha value is -3.32. The maximum atomic E-state index is 12.7. The summed E-state index contributed by atoms with van der Waals surface area (Å²) in [4.78, 5) is 29.1. The molecular formula is C22H19BrN4O2. The molecule has 146 valence electrons. The standard InChI is InChI=1S/C22H19BrN4O2/c1-14-5-7-16(8-6-14)15(2)26-27-22(29)19-12-18(23)9-10-20(19)25-21(28)17-4-3-11-24-13-17/h3-13H,1-2H3,(H,25,28)(H,27,29). The molecule has 6 nitrogen and oxygen atoms in total. The Balaban J connectivity index is 1.79. The van der Waals surface area contributed by atoms with Crippen LogP contribution in [0.5, 0.6) is 0 Å². The lowest BCUT2D eigenvalue weighted by molar-refractivity contribution is 0.0955. The number of pyridine rings is 1. The van der Waals surface area contributed by atoms with Gasteiger partial charge in [0.1, 0.15) is 0 Å². The van der Waals surface area contributed by atoms with Crippen LogP contribution < -0.4 is 10.7 Å². The number of anilines is 1. The van der Waals surface area contributed by atoms with Gasteiger partial charge in [-0.05, 0) is 49.7 Å². The van der Waals surface area contributed by atoms with Crippen LogP contribution in [0.2, 0.25) is 0 Å². The molecule has 2 aromatic carbocycles. The zero-order valence-corrected chi connectivity index (χ0v) is 17.5. The molecule has 0 fully saturated rings. The first-order valence-corrected chi connectivity index (χ1v) is 9.66.